The van der Waals surface area contributed by atoms with Crippen molar-refractivity contribution < 1.29 is 18.0 Å². The summed E-state index contributed by atoms with van der Waals surface area (Å²) in [6, 6.07) is 4.66. The summed E-state index contributed by atoms with van der Waals surface area (Å²) in [7, 11) is 0. The monoisotopic (exact) mass is 395 g/mol. The van der Waals surface area contributed by atoms with Gasteiger partial charge >= 0.3 is 6.18 Å². The zero-order valence-corrected chi connectivity index (χ0v) is 14.6. The fourth-order valence-electron chi connectivity index (χ4n) is 2.98. The van der Waals surface area contributed by atoms with Crippen LogP contribution in [0.4, 0.5) is 13.2 Å². The van der Waals surface area contributed by atoms with E-state index in [2.05, 4.69) is 21.4 Å². The predicted octanol–water partition coefficient (Wildman–Crippen LogP) is 2.10. The van der Waals surface area contributed by atoms with Gasteiger partial charge in [0.2, 0.25) is 0 Å². The second-order valence-electron chi connectivity index (χ2n) is 6.08. The zero-order chi connectivity index (χ0) is 19.0. The maximum atomic E-state index is 13.0. The first-order valence-electron chi connectivity index (χ1n) is 8.16. The molecule has 0 bridgehead atoms. The molecule has 1 aromatic carbocycles. The molecule has 0 radical (unpaired) electrons. The van der Waals surface area contributed by atoms with Crippen molar-refractivity contribution in [2.24, 2.45) is 0 Å². The summed E-state index contributed by atoms with van der Waals surface area (Å²) in [6.07, 6.45) is 2.22. The number of thioether (sulfide) groups is 1. The number of carbonyl (C=O) groups excluding carboxylic acids is 1. The highest BCUT2D eigenvalue weighted by atomic mass is 32.2. The Labute approximate surface area is 157 Å². The highest BCUT2D eigenvalue weighted by Crippen LogP contribution is 2.32. The molecule has 3 aliphatic rings. The molecule has 3 heterocycles. The number of hydrazine groups is 1. The van der Waals surface area contributed by atoms with E-state index in [-0.39, 0.29) is 17.6 Å². The molecule has 0 saturated carbocycles. The van der Waals surface area contributed by atoms with Crippen molar-refractivity contribution in [2.45, 2.75) is 23.9 Å². The zero-order valence-electron chi connectivity index (χ0n) is 13.8. The van der Waals surface area contributed by atoms with Gasteiger partial charge in [0.25, 0.3) is 5.91 Å². The highest BCUT2D eigenvalue weighted by Gasteiger charge is 2.35. The molecule has 10 heteroatoms. The molecule has 142 valence electrons. The van der Waals surface area contributed by atoms with Crippen molar-refractivity contribution >= 4 is 17.7 Å². The van der Waals surface area contributed by atoms with Crippen LogP contribution in [0.15, 0.2) is 59.9 Å². The lowest BCUT2D eigenvalue weighted by molar-refractivity contribution is -0.137. The standard InChI is InChI=1S/C17H16F3N5OS/c18-17(19,20)11-3-1-2-10(8-11)12-4-5-14-22-9-13(25(14)24-12)15(26)23-16-21-6-7-27-16/h1-9,12,14,16,21-22,24H,(H,23,26). The Hall–Kier alpha value is -2.59. The van der Waals surface area contributed by atoms with Crippen LogP contribution in [0.1, 0.15) is 17.2 Å². The van der Waals surface area contributed by atoms with Crippen LogP contribution < -0.4 is 21.4 Å². The number of rotatable bonds is 3. The maximum absolute atomic E-state index is 13.0. The summed E-state index contributed by atoms with van der Waals surface area (Å²) < 4.78 is 38.9. The Morgan fingerprint density at radius 1 is 1.22 bits per heavy atom. The Balaban J connectivity index is 1.49. The SMILES string of the molecule is O=C(NC1NC=CS1)C1=CNC2C=CC(c3cccc(C(F)(F)F)c3)NN12. The van der Waals surface area contributed by atoms with E-state index in [1.807, 2.05) is 11.5 Å². The Morgan fingerprint density at radius 2 is 2.07 bits per heavy atom. The van der Waals surface area contributed by atoms with Crippen molar-refractivity contribution in [3.63, 3.8) is 0 Å². The summed E-state index contributed by atoms with van der Waals surface area (Å²) in [5.41, 5.74) is 2.97. The summed E-state index contributed by atoms with van der Waals surface area (Å²) in [5.74, 6) is -0.302. The minimum atomic E-state index is -4.41. The molecule has 0 spiro atoms. The molecule has 1 aromatic rings. The minimum absolute atomic E-state index is 0.253. The minimum Gasteiger partial charge on any atom is -0.365 e. The largest absolute Gasteiger partial charge is 0.416 e. The Bertz CT molecular complexity index is 830. The fourth-order valence-corrected chi connectivity index (χ4v) is 3.63. The van der Waals surface area contributed by atoms with Gasteiger partial charge in [-0.05, 0) is 29.2 Å². The number of nitrogens with one attached hydrogen (secondary N) is 4. The van der Waals surface area contributed by atoms with Gasteiger partial charge in [0.15, 0.2) is 5.50 Å². The number of hydrogen-bond acceptors (Lipinski definition) is 6. The maximum Gasteiger partial charge on any atom is 0.416 e. The number of hydrogen-bond donors (Lipinski definition) is 4. The van der Waals surface area contributed by atoms with E-state index in [1.54, 1.807) is 29.6 Å². The Morgan fingerprint density at radius 3 is 2.81 bits per heavy atom. The van der Waals surface area contributed by atoms with Gasteiger partial charge in [-0.3, -0.25) is 9.80 Å². The molecule has 0 aliphatic carbocycles. The van der Waals surface area contributed by atoms with E-state index in [9.17, 15) is 18.0 Å². The van der Waals surface area contributed by atoms with Crippen LogP contribution in [-0.4, -0.2) is 22.6 Å². The van der Waals surface area contributed by atoms with Crippen LogP contribution in [-0.2, 0) is 11.0 Å². The van der Waals surface area contributed by atoms with E-state index in [1.165, 1.54) is 17.8 Å². The van der Waals surface area contributed by atoms with Gasteiger partial charge in [-0.1, -0.05) is 30.0 Å². The molecule has 4 N–H and O–H groups in total. The summed E-state index contributed by atoms with van der Waals surface area (Å²) in [4.78, 5) is 12.5. The first-order valence-corrected chi connectivity index (χ1v) is 9.10. The van der Waals surface area contributed by atoms with E-state index in [0.717, 1.165) is 12.1 Å². The predicted molar refractivity (Wildman–Crippen MR) is 95.1 cm³/mol. The van der Waals surface area contributed by atoms with Crippen LogP contribution >= 0.6 is 11.8 Å². The quantitative estimate of drug-likeness (QED) is 0.588. The van der Waals surface area contributed by atoms with Crippen molar-refractivity contribution in [3.05, 3.63) is 71.0 Å². The van der Waals surface area contributed by atoms with E-state index in [4.69, 9.17) is 0 Å². The molecule has 1 amide bonds. The molecular weight excluding hydrogens is 379 g/mol. The molecule has 6 nitrogen and oxygen atoms in total. The second kappa shape index (κ2) is 6.86. The third kappa shape index (κ3) is 3.62. The molecule has 3 unspecified atom stereocenters. The third-order valence-corrected chi connectivity index (χ3v) is 5.11. The first kappa shape index (κ1) is 17.8. The fraction of sp³-hybridized carbons (Fsp3) is 0.235. The number of carbonyl (C=O) groups is 1. The van der Waals surface area contributed by atoms with Crippen LogP contribution in [0.5, 0.6) is 0 Å². The normalized spacial score (nSPS) is 26.3. The number of nitrogens with zero attached hydrogens (tertiary/aromatic N) is 1. The third-order valence-electron chi connectivity index (χ3n) is 4.29. The van der Waals surface area contributed by atoms with E-state index in [0.29, 0.717) is 11.3 Å². The van der Waals surface area contributed by atoms with Gasteiger partial charge in [0.05, 0.1) is 11.6 Å². The molecule has 0 saturated heterocycles. The number of halogens is 3. The smallest absolute Gasteiger partial charge is 0.365 e. The van der Waals surface area contributed by atoms with E-state index < -0.39 is 17.8 Å². The van der Waals surface area contributed by atoms with Crippen molar-refractivity contribution in [1.82, 2.24) is 26.4 Å². The van der Waals surface area contributed by atoms with Crippen LogP contribution in [0.25, 0.3) is 0 Å². The average Bonchev–Trinajstić information content (AvgIpc) is 3.30. The van der Waals surface area contributed by atoms with Crippen molar-refractivity contribution in [2.75, 3.05) is 0 Å². The summed E-state index contributed by atoms with van der Waals surface area (Å²) >= 11 is 1.43. The number of alkyl halides is 3. The lowest BCUT2D eigenvalue weighted by Gasteiger charge is -2.35. The van der Waals surface area contributed by atoms with E-state index >= 15 is 0 Å². The van der Waals surface area contributed by atoms with Crippen molar-refractivity contribution in [1.29, 1.82) is 0 Å². The van der Waals surface area contributed by atoms with Crippen LogP contribution in [0.2, 0.25) is 0 Å². The molecule has 4 rings (SSSR count). The topological polar surface area (TPSA) is 68.4 Å². The number of fused-ring (bicyclic) bond motifs is 1. The first-order chi connectivity index (χ1) is 12.9. The number of amides is 1. The summed E-state index contributed by atoms with van der Waals surface area (Å²) in [6.45, 7) is 0. The average molecular weight is 395 g/mol. The van der Waals surface area contributed by atoms with Gasteiger partial charge in [-0.15, -0.1) is 0 Å². The number of benzene rings is 1. The second-order valence-corrected chi connectivity index (χ2v) is 7.10. The molecule has 0 fully saturated rings. The summed E-state index contributed by atoms with van der Waals surface area (Å²) in [5, 5.41) is 12.3. The molecule has 27 heavy (non-hydrogen) atoms. The molecule has 3 aliphatic heterocycles. The van der Waals surface area contributed by atoms with Gasteiger partial charge in [0, 0.05) is 12.4 Å². The molecule has 0 aromatic heterocycles. The van der Waals surface area contributed by atoms with Gasteiger partial charge < -0.3 is 16.0 Å². The lowest BCUT2D eigenvalue weighted by atomic mass is 10.0. The lowest BCUT2D eigenvalue weighted by Crippen LogP contribution is -2.52. The van der Waals surface area contributed by atoms with Gasteiger partial charge in [-0.2, -0.15) is 13.2 Å². The van der Waals surface area contributed by atoms with Gasteiger partial charge in [0.1, 0.15) is 11.9 Å². The van der Waals surface area contributed by atoms with Crippen LogP contribution in [0.3, 0.4) is 0 Å². The highest BCUT2D eigenvalue weighted by molar-refractivity contribution is 8.02. The van der Waals surface area contributed by atoms with Crippen molar-refractivity contribution in [3.8, 4) is 0 Å². The molecular formula is C17H16F3N5OS. The Kier molecular flexibility index (Phi) is 4.52. The molecule has 3 atom stereocenters. The van der Waals surface area contributed by atoms with Gasteiger partial charge in [-0.25, -0.2) is 5.43 Å². The van der Waals surface area contributed by atoms with Crippen LogP contribution in [0, 0.1) is 0 Å².